The first kappa shape index (κ1) is 41.5. The number of hydrogen-bond donors (Lipinski definition) is 2. The summed E-state index contributed by atoms with van der Waals surface area (Å²) in [5.41, 5.74) is 1.79. The zero-order valence-electron chi connectivity index (χ0n) is 31.6. The van der Waals surface area contributed by atoms with Gasteiger partial charge in [0, 0.05) is 65.5 Å². The average molecular weight is 893 g/mol. The zero-order valence-corrected chi connectivity index (χ0v) is 36.4. The van der Waals surface area contributed by atoms with Crippen LogP contribution in [0.5, 0.6) is 0 Å². The molecule has 0 radical (unpaired) electrons. The summed E-state index contributed by atoms with van der Waals surface area (Å²) >= 11 is 3.43. The molecule has 0 spiro atoms. The van der Waals surface area contributed by atoms with E-state index in [1.54, 1.807) is 22.7 Å². The SMILES string of the molecule is C[N+]12CCC(C(O)(c3ccccc3)c3ccccc3)(CC1)CC2.OC(c1cccs1)(c1cccs1)C12CC[N+](CCCc3ccccc3)(CC1)CC2.[Br-].[Br-]. The van der Waals surface area contributed by atoms with Gasteiger partial charge in [0.15, 0.2) is 0 Å². The van der Waals surface area contributed by atoms with Crippen molar-refractivity contribution in [3.63, 3.8) is 0 Å². The minimum Gasteiger partial charge on any atom is -1.00 e. The molecule has 6 fully saturated rings. The molecule has 4 nitrogen and oxygen atoms in total. The molecule has 2 aromatic heterocycles. The highest BCUT2D eigenvalue weighted by Crippen LogP contribution is 2.59. The molecule has 6 aliphatic heterocycles. The molecule has 6 saturated heterocycles. The average Bonchev–Trinajstić information content (AvgIpc) is 3.97. The Hall–Kier alpha value is -2.14. The molecule has 4 bridgehead atoms. The molecule has 0 amide bonds. The molecule has 2 N–H and O–H groups in total. The monoisotopic (exact) mass is 890 g/mol. The van der Waals surface area contributed by atoms with Gasteiger partial charge in [-0.15, -0.1) is 22.7 Å². The minimum atomic E-state index is -0.888. The summed E-state index contributed by atoms with van der Waals surface area (Å²) in [4.78, 5) is 2.26. The van der Waals surface area contributed by atoms with E-state index in [4.69, 9.17) is 0 Å². The Morgan fingerprint density at radius 2 is 0.944 bits per heavy atom. The zero-order chi connectivity index (χ0) is 35.8. The van der Waals surface area contributed by atoms with E-state index < -0.39 is 11.2 Å². The maximum absolute atomic E-state index is 12.3. The summed E-state index contributed by atoms with van der Waals surface area (Å²) in [6, 6.07) is 40.0. The number of piperidine rings is 6. The first-order valence-corrected chi connectivity index (χ1v) is 21.4. The fraction of sp³-hybridized carbons (Fsp3) is 0.435. The van der Waals surface area contributed by atoms with Gasteiger partial charge in [0.1, 0.15) is 11.2 Å². The number of fused-ring (bicyclic) bond motifs is 6. The summed E-state index contributed by atoms with van der Waals surface area (Å²) < 4.78 is 2.45. The van der Waals surface area contributed by atoms with Crippen molar-refractivity contribution in [2.45, 2.75) is 62.6 Å². The predicted octanol–water partition coefficient (Wildman–Crippen LogP) is 3.24. The molecule has 11 rings (SSSR count). The van der Waals surface area contributed by atoms with Crippen LogP contribution < -0.4 is 34.0 Å². The van der Waals surface area contributed by atoms with Crippen LogP contribution >= 0.6 is 22.7 Å². The molecule has 6 aliphatic rings. The summed E-state index contributed by atoms with van der Waals surface area (Å²) in [5.74, 6) is 0. The highest BCUT2D eigenvalue weighted by Gasteiger charge is 2.61. The minimum absolute atomic E-state index is 0. The van der Waals surface area contributed by atoms with Crippen LogP contribution in [0.1, 0.15) is 71.4 Å². The second kappa shape index (κ2) is 16.8. The molecule has 288 valence electrons. The van der Waals surface area contributed by atoms with Gasteiger partial charge in [-0.2, -0.15) is 0 Å². The molecule has 0 unspecified atom stereocenters. The lowest BCUT2D eigenvalue weighted by atomic mass is 9.56. The quantitative estimate of drug-likeness (QED) is 0.212. The number of thiophene rings is 2. The Balaban J connectivity index is 0.000000182. The fourth-order valence-electron chi connectivity index (χ4n) is 10.7. The van der Waals surface area contributed by atoms with Gasteiger partial charge in [0.05, 0.1) is 52.9 Å². The number of quaternary nitrogens is 2. The van der Waals surface area contributed by atoms with Gasteiger partial charge in [-0.1, -0.05) is 103 Å². The maximum atomic E-state index is 12.3. The van der Waals surface area contributed by atoms with Crippen molar-refractivity contribution in [2.24, 2.45) is 10.8 Å². The molecule has 0 atom stereocenters. The van der Waals surface area contributed by atoms with Crippen LogP contribution in [0.4, 0.5) is 0 Å². The lowest BCUT2D eigenvalue weighted by Gasteiger charge is -2.59. The number of benzene rings is 3. The first-order valence-electron chi connectivity index (χ1n) is 19.6. The number of aryl methyl sites for hydroxylation is 1. The third-order valence-corrected chi connectivity index (χ3v) is 16.2. The molecule has 3 aromatic carbocycles. The standard InChI is InChI=1S/C25H30NOS2.C21H26NO.2BrH/c27-25(22-10-5-19-28-22,23-11-6-20-29-23)24-12-16-26(17-13-24,18-14-24)15-4-9-21-7-2-1-3-8-21;1-22-15-12-20(13-16-22,14-17-22)21(23,18-8-4-2-5-9-18)19-10-6-3-7-11-19;;/h1-3,5-8,10-11,19-20,27H,4,9,12-18H2;2-11,23H,12-17H2,1H3;2*1H/q2*+1;;/p-2. The Kier molecular flexibility index (Phi) is 12.9. The van der Waals surface area contributed by atoms with E-state index in [9.17, 15) is 10.2 Å². The Labute approximate surface area is 352 Å². The smallest absolute Gasteiger partial charge is 0.139 e. The second-order valence-corrected chi connectivity index (χ2v) is 18.7. The van der Waals surface area contributed by atoms with Crippen molar-refractivity contribution >= 4 is 22.7 Å². The van der Waals surface area contributed by atoms with E-state index in [0.29, 0.717) is 0 Å². The van der Waals surface area contributed by atoms with E-state index >= 15 is 0 Å². The normalized spacial score (nSPS) is 27.2. The number of nitrogens with zero attached hydrogens (tertiary/aromatic N) is 2. The molecule has 8 heterocycles. The molecular weight excluding hydrogens is 836 g/mol. The van der Waals surface area contributed by atoms with E-state index in [2.05, 4.69) is 96.7 Å². The van der Waals surface area contributed by atoms with Crippen LogP contribution in [0.15, 0.2) is 126 Å². The van der Waals surface area contributed by atoms with Gasteiger partial charge in [-0.3, -0.25) is 0 Å². The molecule has 8 heteroatoms. The van der Waals surface area contributed by atoms with Crippen LogP contribution in [0.2, 0.25) is 0 Å². The second-order valence-electron chi connectivity index (χ2n) is 16.8. The number of aliphatic hydroxyl groups is 2. The number of hydrogen-bond acceptors (Lipinski definition) is 4. The van der Waals surface area contributed by atoms with Gasteiger partial charge in [0.2, 0.25) is 0 Å². The lowest BCUT2D eigenvalue weighted by molar-refractivity contribution is -0.946. The van der Waals surface area contributed by atoms with E-state index in [1.807, 2.05) is 36.4 Å². The Bertz CT molecular complexity index is 1760. The summed E-state index contributed by atoms with van der Waals surface area (Å²) in [7, 11) is 2.37. The van der Waals surface area contributed by atoms with Crippen molar-refractivity contribution in [1.29, 1.82) is 0 Å². The third kappa shape index (κ3) is 7.40. The highest BCUT2D eigenvalue weighted by molar-refractivity contribution is 7.11. The van der Waals surface area contributed by atoms with Crippen molar-refractivity contribution in [3.8, 4) is 0 Å². The van der Waals surface area contributed by atoms with Crippen LogP contribution in [0.3, 0.4) is 0 Å². The summed E-state index contributed by atoms with van der Waals surface area (Å²) in [5, 5.41) is 28.6. The van der Waals surface area contributed by atoms with Crippen molar-refractivity contribution in [3.05, 3.63) is 152 Å². The third-order valence-electron chi connectivity index (χ3n) is 14.2. The highest BCUT2D eigenvalue weighted by atomic mass is 79.9. The Morgan fingerprint density at radius 3 is 1.37 bits per heavy atom. The van der Waals surface area contributed by atoms with Gasteiger partial charge >= 0.3 is 0 Å². The van der Waals surface area contributed by atoms with Crippen LogP contribution in [-0.4, -0.2) is 72.0 Å². The fourth-order valence-corrected chi connectivity index (χ4v) is 12.6. The van der Waals surface area contributed by atoms with Crippen LogP contribution in [0.25, 0.3) is 0 Å². The topological polar surface area (TPSA) is 40.5 Å². The van der Waals surface area contributed by atoms with Crippen LogP contribution in [0, 0.1) is 10.8 Å². The molecule has 0 saturated carbocycles. The summed E-state index contributed by atoms with van der Waals surface area (Å²) in [6.07, 6.45) is 9.13. The molecule has 54 heavy (non-hydrogen) atoms. The van der Waals surface area contributed by atoms with Crippen molar-refractivity contribution in [2.75, 3.05) is 52.9 Å². The summed E-state index contributed by atoms with van der Waals surface area (Å²) in [6.45, 7) is 8.48. The van der Waals surface area contributed by atoms with Crippen molar-refractivity contribution < 1.29 is 53.1 Å². The largest absolute Gasteiger partial charge is 1.00 e. The Morgan fingerprint density at radius 1 is 0.537 bits per heavy atom. The van der Waals surface area contributed by atoms with Gasteiger partial charge in [0.25, 0.3) is 0 Å². The van der Waals surface area contributed by atoms with Gasteiger partial charge in [-0.25, -0.2) is 0 Å². The van der Waals surface area contributed by atoms with Crippen molar-refractivity contribution in [1.82, 2.24) is 0 Å². The van der Waals surface area contributed by atoms with Crippen LogP contribution in [-0.2, 0) is 17.6 Å². The number of rotatable bonds is 10. The maximum Gasteiger partial charge on any atom is 0.139 e. The first-order chi connectivity index (χ1) is 25.2. The van der Waals surface area contributed by atoms with E-state index in [0.717, 1.165) is 59.4 Å². The van der Waals surface area contributed by atoms with Gasteiger partial charge < -0.3 is 53.1 Å². The lowest BCUT2D eigenvalue weighted by Crippen LogP contribution is -3.00. The molecule has 5 aromatic rings. The van der Waals surface area contributed by atoms with Gasteiger partial charge in [-0.05, 0) is 46.0 Å². The number of halogens is 2. The predicted molar refractivity (Wildman–Crippen MR) is 215 cm³/mol. The molecule has 0 aliphatic carbocycles. The molecular formula is C46H56Br2N2O2S2. The van der Waals surface area contributed by atoms with E-state index in [-0.39, 0.29) is 44.8 Å². The van der Waals surface area contributed by atoms with E-state index in [1.165, 1.54) is 73.2 Å².